The summed E-state index contributed by atoms with van der Waals surface area (Å²) in [6.45, 7) is 4.54. The fourth-order valence-electron chi connectivity index (χ4n) is 4.30. The third-order valence-corrected chi connectivity index (χ3v) is 9.49. The molecule has 25 heavy (non-hydrogen) atoms. The number of H-pyrrole nitrogens is 1. The summed E-state index contributed by atoms with van der Waals surface area (Å²) in [5.74, 6) is 0.758. The second-order valence-electron chi connectivity index (χ2n) is 6.83. The zero-order valence-corrected chi connectivity index (χ0v) is 18.3. The van der Waals surface area contributed by atoms with E-state index >= 15 is 0 Å². The van der Waals surface area contributed by atoms with Crippen molar-refractivity contribution in [1.29, 1.82) is 0 Å². The first-order valence-corrected chi connectivity index (χ1v) is 10.9. The maximum absolute atomic E-state index is 3.76. The Morgan fingerprint density at radius 3 is 2.52 bits per heavy atom. The molecule has 126 valence electrons. The maximum Gasteiger partial charge on any atom is -1.00 e. The van der Waals surface area contributed by atoms with Crippen LogP contribution in [0.15, 0.2) is 48.0 Å². The zero-order chi connectivity index (χ0) is 15.6. The van der Waals surface area contributed by atoms with E-state index in [0.717, 1.165) is 5.92 Å². The van der Waals surface area contributed by atoms with Crippen LogP contribution in [0.3, 0.4) is 0 Å². The fraction of sp³-hybridized carbons (Fsp3) is 0.238. The average Bonchev–Trinajstić information content (AvgIpc) is 2.93. The Balaban J connectivity index is 0.000000911. The minimum atomic E-state index is -0.787. The molecule has 0 amide bonds. The van der Waals surface area contributed by atoms with Gasteiger partial charge in [-0.2, -0.15) is 0 Å². The Labute approximate surface area is 172 Å². The van der Waals surface area contributed by atoms with Crippen LogP contribution in [0.1, 0.15) is 41.0 Å². The molecule has 2 aliphatic rings. The van der Waals surface area contributed by atoms with Crippen LogP contribution in [0.4, 0.5) is 0 Å². The molecular weight excluding hydrogens is 428 g/mol. The second kappa shape index (κ2) is 7.07. The summed E-state index contributed by atoms with van der Waals surface area (Å²) in [6, 6.07) is 15.8. The third-order valence-electron chi connectivity index (χ3n) is 5.58. The van der Waals surface area contributed by atoms with Crippen LogP contribution in [0.5, 0.6) is 0 Å². The van der Waals surface area contributed by atoms with E-state index in [0.29, 0.717) is 0 Å². The number of aryl methyl sites for hydroxylation is 2. The molecule has 1 unspecified atom stereocenters. The number of hydrogen-bond donors (Lipinski definition) is 1. The van der Waals surface area contributed by atoms with Crippen molar-refractivity contribution in [1.82, 2.24) is 4.98 Å². The summed E-state index contributed by atoms with van der Waals surface area (Å²) in [4.78, 5) is 3.76. The van der Waals surface area contributed by atoms with Gasteiger partial charge >= 0.3 is 149 Å². The first kappa shape index (κ1) is 19.0. The van der Waals surface area contributed by atoms with Gasteiger partial charge in [-0.3, -0.25) is 0 Å². The van der Waals surface area contributed by atoms with Crippen molar-refractivity contribution < 1.29 is 48.0 Å². The van der Waals surface area contributed by atoms with E-state index in [1.165, 1.54) is 34.9 Å². The molecule has 2 aromatic carbocycles. The Morgan fingerprint density at radius 2 is 1.80 bits per heavy atom. The summed E-state index contributed by atoms with van der Waals surface area (Å²) in [6.07, 6.45) is 2.69. The molecule has 0 radical (unpaired) electrons. The smallest absolute Gasteiger partial charge is 1.00 e. The van der Waals surface area contributed by atoms with Gasteiger partial charge < -0.3 is 24.8 Å². The summed E-state index contributed by atoms with van der Waals surface area (Å²) in [5, 5.41) is 1.45. The fourth-order valence-corrected chi connectivity index (χ4v) is 8.19. The van der Waals surface area contributed by atoms with Crippen LogP contribution in [0.2, 0.25) is 0 Å². The molecule has 0 aliphatic heterocycles. The Morgan fingerprint density at radius 1 is 1.00 bits per heavy atom. The number of rotatable bonds is 2. The first-order valence-electron chi connectivity index (χ1n) is 8.41. The van der Waals surface area contributed by atoms with E-state index in [9.17, 15) is 0 Å². The predicted molar refractivity (Wildman–Crippen MR) is 92.7 cm³/mol. The number of nitrogens with one attached hydrogen (secondary N) is 1. The SMILES string of the molecule is Cc1cccc2[nH][c]([Zr+2][C]3=C4CCC4c4ccccc43)c(C)c12.[Cl-].[Cl-]. The number of aromatic nitrogens is 1. The normalized spacial score (nSPS) is 17.1. The molecule has 1 heterocycles. The van der Waals surface area contributed by atoms with Gasteiger partial charge in [-0.1, -0.05) is 0 Å². The Hall–Kier alpha value is -0.817. The Bertz CT molecular complexity index is 987. The number of allylic oxidation sites excluding steroid dienone is 1. The maximum atomic E-state index is 3.76. The molecule has 4 heteroatoms. The summed E-state index contributed by atoms with van der Waals surface area (Å²) < 4.78 is 3.32. The number of halogens is 2. The van der Waals surface area contributed by atoms with Gasteiger partial charge in [0.2, 0.25) is 0 Å². The number of hydrogen-bond acceptors (Lipinski definition) is 0. The van der Waals surface area contributed by atoms with Crippen LogP contribution in [-0.2, 0) is 23.2 Å². The molecule has 5 rings (SSSR count). The van der Waals surface area contributed by atoms with Gasteiger partial charge in [0.1, 0.15) is 0 Å². The van der Waals surface area contributed by atoms with Crippen molar-refractivity contribution in [3.63, 3.8) is 0 Å². The van der Waals surface area contributed by atoms with E-state index in [4.69, 9.17) is 0 Å². The third kappa shape index (κ3) is 2.78. The minimum absolute atomic E-state index is 0. The molecular formula is C21H19Cl2NZr. The van der Waals surface area contributed by atoms with Gasteiger partial charge in [0.25, 0.3) is 0 Å². The molecule has 1 atom stereocenters. The van der Waals surface area contributed by atoms with Gasteiger partial charge in [0, 0.05) is 0 Å². The van der Waals surface area contributed by atoms with Crippen molar-refractivity contribution in [3.8, 4) is 0 Å². The topological polar surface area (TPSA) is 15.8 Å². The standard InChI is InChI=1S/C11H9.C10H10N.2ClH.Zr/c1-2-4-10-8(3-1)7-9-5-6-11(9)10;1-7-4-3-5-9-10(7)8(2)6-11-9;;;/h1-4,11H,5-6H2;3-5,11H,1-2H3;2*1H;/q;;;;+2/p-2. The molecule has 1 fully saturated rings. The van der Waals surface area contributed by atoms with Gasteiger partial charge in [-0.15, -0.1) is 0 Å². The summed E-state index contributed by atoms with van der Waals surface area (Å²) in [5.41, 5.74) is 9.17. The largest absolute Gasteiger partial charge is 1.00 e. The summed E-state index contributed by atoms with van der Waals surface area (Å²) >= 11 is -0.787. The average molecular weight is 448 g/mol. The van der Waals surface area contributed by atoms with Crippen LogP contribution in [0, 0.1) is 13.8 Å². The monoisotopic (exact) mass is 445 g/mol. The van der Waals surface area contributed by atoms with E-state index in [1.807, 2.05) is 0 Å². The van der Waals surface area contributed by atoms with Gasteiger partial charge in [-0.25, -0.2) is 0 Å². The molecule has 0 saturated heterocycles. The molecule has 1 saturated carbocycles. The first-order chi connectivity index (χ1) is 11.2. The van der Waals surface area contributed by atoms with E-state index < -0.39 is 23.2 Å². The van der Waals surface area contributed by atoms with Crippen molar-refractivity contribution in [3.05, 3.63) is 70.3 Å². The molecule has 1 N–H and O–H groups in total. The molecule has 0 spiro atoms. The van der Waals surface area contributed by atoms with E-state index in [2.05, 4.69) is 61.3 Å². The molecule has 0 bridgehead atoms. The zero-order valence-electron chi connectivity index (χ0n) is 14.3. The van der Waals surface area contributed by atoms with Gasteiger partial charge in [0.15, 0.2) is 0 Å². The predicted octanol–water partition coefficient (Wildman–Crippen LogP) is -1.20. The van der Waals surface area contributed by atoms with Crippen molar-refractivity contribution in [2.45, 2.75) is 32.6 Å². The van der Waals surface area contributed by atoms with E-state index in [-0.39, 0.29) is 24.8 Å². The van der Waals surface area contributed by atoms with E-state index in [1.54, 1.807) is 23.4 Å². The Kier molecular flexibility index (Phi) is 5.36. The van der Waals surface area contributed by atoms with Crippen molar-refractivity contribution >= 4 is 17.6 Å². The van der Waals surface area contributed by atoms with Crippen molar-refractivity contribution in [2.75, 3.05) is 0 Å². The molecule has 2 aliphatic carbocycles. The molecule has 1 aromatic heterocycles. The number of aromatic amines is 1. The molecule has 1 nitrogen and oxygen atoms in total. The van der Waals surface area contributed by atoms with Crippen LogP contribution in [-0.4, -0.2) is 4.98 Å². The molecule has 3 aromatic rings. The van der Waals surface area contributed by atoms with Gasteiger partial charge in [-0.05, 0) is 0 Å². The minimum Gasteiger partial charge on any atom is -1.00 e. The quantitative estimate of drug-likeness (QED) is 0.508. The van der Waals surface area contributed by atoms with Crippen LogP contribution < -0.4 is 28.2 Å². The second-order valence-corrected chi connectivity index (χ2v) is 9.90. The number of fused-ring (bicyclic) bond motifs is 4. The van der Waals surface area contributed by atoms with Crippen LogP contribution >= 0.6 is 0 Å². The van der Waals surface area contributed by atoms with Crippen LogP contribution in [0.25, 0.3) is 14.2 Å². The van der Waals surface area contributed by atoms with Gasteiger partial charge in [0.05, 0.1) is 0 Å². The number of benzene rings is 2. The summed E-state index contributed by atoms with van der Waals surface area (Å²) in [7, 11) is 0. The van der Waals surface area contributed by atoms with Crippen molar-refractivity contribution in [2.24, 2.45) is 0 Å².